The largest absolute Gasteiger partial charge is 1.00 e. The van der Waals surface area contributed by atoms with Gasteiger partial charge in [0.15, 0.2) is 0 Å². The number of ether oxygens (including phenoxy) is 5. The number of carboxylic acid groups (broad SMARTS) is 3. The predicted molar refractivity (Wildman–Crippen MR) is 586 cm³/mol. The Labute approximate surface area is 960 Å². The van der Waals surface area contributed by atoms with Gasteiger partial charge in [0.2, 0.25) is 0 Å². The number of aromatic carboxylic acids is 3. The van der Waals surface area contributed by atoms with Gasteiger partial charge in [0, 0.05) is 90.1 Å². The molecule has 20 aromatic rings. The van der Waals surface area contributed by atoms with Crippen LogP contribution in [0.4, 0.5) is 0 Å². The zero-order chi connectivity index (χ0) is 100. The van der Waals surface area contributed by atoms with E-state index in [1.807, 2.05) is 272 Å². The van der Waals surface area contributed by atoms with Crippen LogP contribution in [0, 0.1) is 0 Å². The van der Waals surface area contributed by atoms with Crippen molar-refractivity contribution in [2.45, 2.75) is 65.5 Å². The van der Waals surface area contributed by atoms with Crippen LogP contribution in [-0.2, 0) is 38.6 Å². The van der Waals surface area contributed by atoms with Crippen LogP contribution >= 0.6 is 95.8 Å². The summed E-state index contributed by atoms with van der Waals surface area (Å²) in [5.74, 6) is 0.459. The van der Waals surface area contributed by atoms with Gasteiger partial charge in [0.25, 0.3) is 0 Å². The summed E-state index contributed by atoms with van der Waals surface area (Å²) in [6, 6.07) is 133. The van der Waals surface area contributed by atoms with Crippen molar-refractivity contribution in [3.05, 3.63) is 503 Å². The Hall–Kier alpha value is -11.8. The number of aliphatic hydroxyl groups is 2. The molecule has 2 N–H and O–H groups in total. The summed E-state index contributed by atoms with van der Waals surface area (Å²) in [6.07, 6.45) is -0.455. The van der Waals surface area contributed by atoms with Gasteiger partial charge in [-0.25, -0.2) is 0 Å². The SMILES string of the molecule is CC(C)(O)c1ccc(-c2sccc2-c2ccccc2OCc2ccccc2)cc1.CC(O)c1ccc(-c2sccc2-c2ccccc2OCc2ccccc2)cc1.O=C([O-])c1ccc(-c2sc(Br)cc2-c2ccccc2OCc2ccccc2)cc1.O=C([O-])c1ccc(-c2sccc2-c2cc(Cl)ccc2OCc2ccccc2)cc1.O=C([O-])c1cccc(-c2sccc2-c2cc(Cl)ccc2OCc2ccccc2)c1.[Na+].[Na+].[Na+]. The molecule has 0 saturated carbocycles. The van der Waals surface area contributed by atoms with Crippen molar-refractivity contribution in [1.29, 1.82) is 0 Å². The van der Waals surface area contributed by atoms with Crippen molar-refractivity contribution < 1.29 is 152 Å². The normalized spacial score (nSPS) is 10.8. The van der Waals surface area contributed by atoms with E-state index in [-0.39, 0.29) is 105 Å². The molecular formula is C123H94BrCl2Na3O13S5. The number of carbonyl (C=O) groups excluding carboxylic acids is 3. The molecule has 13 nitrogen and oxygen atoms in total. The molecule has 718 valence electrons. The Bertz CT molecular complexity index is 7660. The fourth-order valence-corrected chi connectivity index (χ4v) is 21.4. The maximum atomic E-state index is 11.3. The number of hydrogen-bond acceptors (Lipinski definition) is 18. The Morgan fingerprint density at radius 2 is 0.585 bits per heavy atom. The van der Waals surface area contributed by atoms with E-state index in [1.165, 1.54) is 32.7 Å². The number of halogens is 3. The number of carbonyl (C=O) groups is 3. The Morgan fingerprint density at radius 1 is 0.299 bits per heavy atom. The zero-order valence-electron chi connectivity index (χ0n) is 81.2. The first-order valence-electron chi connectivity index (χ1n) is 46.0. The third kappa shape index (κ3) is 30.7. The fraction of sp³-hybridized carbons (Fsp3) is 0.0813. The molecule has 20 rings (SSSR count). The quantitative estimate of drug-likeness (QED) is 0.0402. The van der Waals surface area contributed by atoms with E-state index in [2.05, 4.69) is 106 Å². The van der Waals surface area contributed by atoms with Crippen molar-refractivity contribution in [3.8, 4) is 137 Å². The van der Waals surface area contributed by atoms with E-state index in [4.69, 9.17) is 46.9 Å². The van der Waals surface area contributed by atoms with Crippen LogP contribution in [0.3, 0.4) is 0 Å². The second-order valence-electron chi connectivity index (χ2n) is 33.6. The molecule has 0 amide bonds. The van der Waals surface area contributed by atoms with Crippen LogP contribution in [0.5, 0.6) is 28.7 Å². The molecule has 147 heavy (non-hydrogen) atoms. The molecule has 0 aliphatic rings. The number of carboxylic acids is 3. The number of rotatable bonds is 30. The van der Waals surface area contributed by atoms with Crippen LogP contribution in [0.1, 0.15) is 96.9 Å². The van der Waals surface area contributed by atoms with E-state index in [0.29, 0.717) is 48.8 Å². The molecule has 1 atom stereocenters. The first kappa shape index (κ1) is 112. The van der Waals surface area contributed by atoms with Crippen LogP contribution in [0.25, 0.3) is 108 Å². The van der Waals surface area contributed by atoms with Crippen molar-refractivity contribution in [1.82, 2.24) is 0 Å². The monoisotopic (exact) mass is 2160 g/mol. The van der Waals surface area contributed by atoms with Gasteiger partial charge in [-0.1, -0.05) is 345 Å². The van der Waals surface area contributed by atoms with E-state index >= 15 is 0 Å². The molecular weight excluding hydrogens is 2070 g/mol. The second kappa shape index (κ2) is 55.5. The van der Waals surface area contributed by atoms with Crippen LogP contribution < -0.4 is 128 Å². The van der Waals surface area contributed by atoms with E-state index in [0.717, 1.165) is 158 Å². The van der Waals surface area contributed by atoms with Gasteiger partial charge >= 0.3 is 88.7 Å². The van der Waals surface area contributed by atoms with Crippen LogP contribution in [0.15, 0.2) is 438 Å². The number of hydrogen-bond donors (Lipinski definition) is 2. The molecule has 5 aromatic heterocycles. The summed E-state index contributed by atoms with van der Waals surface area (Å²) in [7, 11) is 0. The van der Waals surface area contributed by atoms with Crippen molar-refractivity contribution in [3.63, 3.8) is 0 Å². The van der Waals surface area contributed by atoms with Gasteiger partial charge in [0.1, 0.15) is 61.8 Å². The summed E-state index contributed by atoms with van der Waals surface area (Å²) in [5, 5.41) is 62.7. The summed E-state index contributed by atoms with van der Waals surface area (Å²) in [5.41, 5.74) is 22.2. The van der Waals surface area contributed by atoms with Crippen molar-refractivity contribution >= 4 is 114 Å². The Kier molecular flexibility index (Phi) is 42.4. The Balaban J connectivity index is 0.000000153. The molecule has 0 fully saturated rings. The number of aliphatic hydroxyl groups excluding tert-OH is 1. The van der Waals surface area contributed by atoms with Gasteiger partial charge in [-0.15, -0.1) is 56.7 Å². The van der Waals surface area contributed by atoms with Crippen LogP contribution in [-0.4, -0.2) is 28.1 Å². The summed E-state index contributed by atoms with van der Waals surface area (Å²) < 4.78 is 31.7. The summed E-state index contributed by atoms with van der Waals surface area (Å²) >= 11 is 24.3. The number of para-hydroxylation sites is 3. The maximum Gasteiger partial charge on any atom is 1.00 e. The number of benzene rings is 15. The van der Waals surface area contributed by atoms with Gasteiger partial charge in [-0.2, -0.15) is 0 Å². The molecule has 0 saturated heterocycles. The first-order chi connectivity index (χ1) is 70.1. The third-order valence-electron chi connectivity index (χ3n) is 23.2. The Morgan fingerprint density at radius 3 is 0.912 bits per heavy atom. The third-order valence-corrected chi connectivity index (χ3v) is 29.2. The van der Waals surface area contributed by atoms with Gasteiger partial charge in [-0.05, 0) is 233 Å². The van der Waals surface area contributed by atoms with Crippen molar-refractivity contribution in [2.24, 2.45) is 0 Å². The van der Waals surface area contributed by atoms with Gasteiger partial charge < -0.3 is 63.6 Å². The fourth-order valence-electron chi connectivity index (χ4n) is 15.8. The van der Waals surface area contributed by atoms with E-state index in [9.17, 15) is 39.9 Å². The van der Waals surface area contributed by atoms with E-state index in [1.54, 1.807) is 133 Å². The second-order valence-corrected chi connectivity index (χ2v) is 40.6. The van der Waals surface area contributed by atoms with Crippen LogP contribution in [0.2, 0.25) is 10.0 Å². The molecule has 0 spiro atoms. The predicted octanol–water partition coefficient (Wildman–Crippen LogP) is 21.8. The topological polar surface area (TPSA) is 207 Å². The van der Waals surface area contributed by atoms with E-state index < -0.39 is 29.6 Å². The minimum atomic E-state index is -1.19. The average molecular weight is 2160 g/mol. The van der Waals surface area contributed by atoms with Gasteiger partial charge in [-0.3, -0.25) is 0 Å². The molecule has 24 heteroatoms. The standard InChI is InChI=1S/C26H24O2S.C25H22O2S.C24H17BrO3S.2C24H17ClO3S.3Na/c1-26(2,27)21-14-12-20(13-15-21)25-23(16-17-29-25)22-10-6-7-11-24(22)28-18-19-8-4-3-5-9-19;1-18(26)20-11-13-21(14-12-20)25-23(15-16-28-25)22-9-5-6-10-24(22)27-17-19-7-3-2-4-8-19;25-22-14-20(23(29-22)17-10-12-18(13-11-17)24(26)27)19-8-4-5-9-21(19)28-15-16-6-2-1-3-7-16;25-19-9-10-22(28-15-16-5-2-1-3-6-16)21(14-19)20-11-12-29-23(20)17-7-4-8-18(13-17)24(26)27;25-19-10-11-22(28-15-16-4-2-1-3-5-16)21(14-19)20-12-13-29-23(20)17-6-8-18(9-7-17)24(26)27;;;/h3-17,27H,18H2,1-2H3;2-16,18,26H,17H2,1H3;3*1-14H,15H2,(H,26,27);;;/q;;;;;3*+1/p-3. The number of thiophene rings is 5. The smallest absolute Gasteiger partial charge is 0.545 e. The van der Waals surface area contributed by atoms with Crippen molar-refractivity contribution in [2.75, 3.05) is 0 Å². The zero-order valence-corrected chi connectivity index (χ0v) is 94.4. The molecule has 0 radical (unpaired) electrons. The molecule has 1 unspecified atom stereocenters. The molecule has 0 aliphatic heterocycles. The minimum absolute atomic E-state index is 0. The van der Waals surface area contributed by atoms with Gasteiger partial charge in [0.05, 0.1) is 33.4 Å². The maximum absolute atomic E-state index is 11.3. The first-order valence-corrected chi connectivity index (χ1v) is 51.9. The molecule has 5 heterocycles. The molecule has 15 aromatic carbocycles. The molecule has 0 bridgehead atoms. The summed E-state index contributed by atoms with van der Waals surface area (Å²) in [4.78, 5) is 38.7. The average Bonchev–Trinajstić information content (AvgIpc) is 1.70. The molecule has 0 aliphatic carbocycles. The minimum Gasteiger partial charge on any atom is -0.545 e. The summed E-state index contributed by atoms with van der Waals surface area (Å²) in [6.45, 7) is 7.85.